The summed E-state index contributed by atoms with van der Waals surface area (Å²) in [5, 5.41) is 8.82. The van der Waals surface area contributed by atoms with Gasteiger partial charge in [-0.1, -0.05) is 37.3 Å². The lowest BCUT2D eigenvalue weighted by Crippen LogP contribution is -2.58. The third-order valence-corrected chi connectivity index (χ3v) is 6.17. The van der Waals surface area contributed by atoms with Gasteiger partial charge in [-0.05, 0) is 30.1 Å². The molecule has 5 atom stereocenters. The van der Waals surface area contributed by atoms with Gasteiger partial charge in [-0.2, -0.15) is 25.3 Å². The lowest BCUT2D eigenvalue weighted by molar-refractivity contribution is -0.149. The van der Waals surface area contributed by atoms with E-state index in [1.54, 1.807) is 0 Å². The number of ether oxygens (including phenoxy) is 1. The fraction of sp³-hybridized carbons (Fsp3) is 0.591. The molecule has 178 valence electrons. The van der Waals surface area contributed by atoms with E-state index in [0.29, 0.717) is 30.9 Å². The van der Waals surface area contributed by atoms with E-state index in [0.717, 1.165) is 5.56 Å². The SMILES string of the molecule is C[C@H]1CCOC(=O)[C@H](CCS)NC(=O)[C@H](Cc2ccccc2)NC(=O)[C@H]1NC[C@@H](N)CS. The van der Waals surface area contributed by atoms with E-state index < -0.39 is 30.0 Å². The first-order valence-electron chi connectivity index (χ1n) is 10.9. The Morgan fingerprint density at radius 3 is 2.47 bits per heavy atom. The van der Waals surface area contributed by atoms with Gasteiger partial charge < -0.3 is 26.4 Å². The zero-order valence-corrected chi connectivity index (χ0v) is 20.1. The summed E-state index contributed by atoms with van der Waals surface area (Å²) in [5.41, 5.74) is 6.85. The summed E-state index contributed by atoms with van der Waals surface area (Å²) in [6, 6.07) is 6.92. The van der Waals surface area contributed by atoms with Crippen LogP contribution in [-0.2, 0) is 25.5 Å². The van der Waals surface area contributed by atoms with Crippen LogP contribution in [0.2, 0.25) is 0 Å². The van der Waals surface area contributed by atoms with Gasteiger partial charge in [0.1, 0.15) is 12.1 Å². The van der Waals surface area contributed by atoms with E-state index in [1.165, 1.54) is 0 Å². The van der Waals surface area contributed by atoms with Crippen molar-refractivity contribution in [3.8, 4) is 0 Å². The molecule has 0 unspecified atom stereocenters. The molecule has 1 saturated heterocycles. The van der Waals surface area contributed by atoms with Crippen LogP contribution in [0.1, 0.15) is 25.3 Å². The lowest BCUT2D eigenvalue weighted by Gasteiger charge is -2.30. The van der Waals surface area contributed by atoms with E-state index in [9.17, 15) is 14.4 Å². The smallest absolute Gasteiger partial charge is 0.328 e. The molecule has 0 radical (unpaired) electrons. The number of hydrogen-bond acceptors (Lipinski definition) is 8. The Hall–Kier alpha value is -1.75. The number of cyclic esters (lactones) is 1. The highest BCUT2D eigenvalue weighted by atomic mass is 32.1. The largest absolute Gasteiger partial charge is 0.464 e. The molecule has 1 aliphatic heterocycles. The Morgan fingerprint density at radius 2 is 1.81 bits per heavy atom. The molecule has 0 saturated carbocycles. The van der Waals surface area contributed by atoms with Crippen LogP contribution in [0.3, 0.4) is 0 Å². The Morgan fingerprint density at radius 1 is 1.12 bits per heavy atom. The summed E-state index contributed by atoms with van der Waals surface area (Å²) in [5.74, 6) is -0.505. The van der Waals surface area contributed by atoms with Crippen LogP contribution in [0.5, 0.6) is 0 Å². The number of nitrogens with one attached hydrogen (secondary N) is 3. The van der Waals surface area contributed by atoms with E-state index in [4.69, 9.17) is 10.5 Å². The molecule has 8 nitrogen and oxygen atoms in total. The van der Waals surface area contributed by atoms with Crippen LogP contribution < -0.4 is 21.7 Å². The number of amides is 2. The molecule has 0 bridgehead atoms. The van der Waals surface area contributed by atoms with Crippen LogP contribution in [0.25, 0.3) is 0 Å². The summed E-state index contributed by atoms with van der Waals surface area (Å²) < 4.78 is 5.40. The predicted molar refractivity (Wildman–Crippen MR) is 131 cm³/mol. The zero-order valence-electron chi connectivity index (χ0n) is 18.3. The second-order valence-electron chi connectivity index (χ2n) is 8.09. The van der Waals surface area contributed by atoms with Gasteiger partial charge in [0.2, 0.25) is 11.8 Å². The Kier molecular flexibility index (Phi) is 11.4. The maximum atomic E-state index is 13.2. The predicted octanol–water partition coefficient (Wildman–Crippen LogP) is 0.317. The van der Waals surface area contributed by atoms with Crippen LogP contribution >= 0.6 is 25.3 Å². The second-order valence-corrected chi connectivity index (χ2v) is 8.90. The molecular weight excluding hydrogens is 448 g/mol. The Bertz CT molecular complexity index is 753. The number of esters is 1. The van der Waals surface area contributed by atoms with E-state index in [1.807, 2.05) is 37.3 Å². The zero-order chi connectivity index (χ0) is 23.5. The number of rotatable bonds is 8. The van der Waals surface area contributed by atoms with Crippen LogP contribution in [0, 0.1) is 5.92 Å². The highest BCUT2D eigenvalue weighted by Crippen LogP contribution is 2.13. The molecule has 10 heteroatoms. The molecule has 1 fully saturated rings. The fourth-order valence-electron chi connectivity index (χ4n) is 3.48. The minimum atomic E-state index is -0.852. The normalized spacial score (nSPS) is 26.2. The van der Waals surface area contributed by atoms with Gasteiger partial charge in [0.25, 0.3) is 0 Å². The summed E-state index contributed by atoms with van der Waals surface area (Å²) in [7, 11) is 0. The standard InChI is InChI=1S/C22H34N4O4S2/c1-14-7-9-30-22(29)17(8-10-31)25-20(27)18(11-15-5-3-2-4-6-15)26-21(28)19(14)24-12-16(23)13-32/h2-6,14,16-19,24,31-32H,7-13,23H2,1H3,(H,25,27)(H,26,28)/t14-,16+,17-,18-,19-/m0/s1. The topological polar surface area (TPSA) is 123 Å². The van der Waals surface area contributed by atoms with Gasteiger partial charge in [0.05, 0.1) is 12.6 Å². The maximum absolute atomic E-state index is 13.2. The molecular formula is C22H34N4O4S2. The molecule has 1 aromatic carbocycles. The number of carbonyl (C=O) groups excluding carboxylic acids is 3. The van der Waals surface area contributed by atoms with Gasteiger partial charge in [-0.15, -0.1) is 0 Å². The number of benzene rings is 1. The van der Waals surface area contributed by atoms with Gasteiger partial charge in [-0.25, -0.2) is 4.79 Å². The first kappa shape index (κ1) is 26.5. The summed E-state index contributed by atoms with van der Waals surface area (Å²) in [6.07, 6.45) is 1.11. The highest BCUT2D eigenvalue weighted by Gasteiger charge is 2.32. The van der Waals surface area contributed by atoms with Crippen molar-refractivity contribution < 1.29 is 19.1 Å². The monoisotopic (exact) mass is 482 g/mol. The molecule has 2 rings (SSSR count). The van der Waals surface area contributed by atoms with Crippen LogP contribution in [-0.4, -0.2) is 66.6 Å². The third kappa shape index (κ3) is 8.31. The number of carbonyl (C=O) groups is 3. The third-order valence-electron chi connectivity index (χ3n) is 5.44. The van der Waals surface area contributed by atoms with Crippen molar-refractivity contribution in [2.24, 2.45) is 11.7 Å². The van der Waals surface area contributed by atoms with Crippen LogP contribution in [0.4, 0.5) is 0 Å². The second kappa shape index (κ2) is 13.7. The molecule has 1 aromatic rings. The molecule has 1 aliphatic rings. The number of nitrogens with two attached hydrogens (primary N) is 1. The van der Waals surface area contributed by atoms with Crippen molar-refractivity contribution in [3.05, 3.63) is 35.9 Å². The average Bonchev–Trinajstić information content (AvgIpc) is 2.78. The molecule has 32 heavy (non-hydrogen) atoms. The van der Waals surface area contributed by atoms with E-state index in [-0.39, 0.29) is 30.9 Å². The molecule has 1 heterocycles. The van der Waals surface area contributed by atoms with Crippen molar-refractivity contribution in [2.75, 3.05) is 24.7 Å². The molecule has 0 spiro atoms. The van der Waals surface area contributed by atoms with Crippen molar-refractivity contribution in [2.45, 2.75) is 50.4 Å². The maximum Gasteiger partial charge on any atom is 0.328 e. The van der Waals surface area contributed by atoms with Gasteiger partial charge in [-0.3, -0.25) is 9.59 Å². The molecule has 0 aromatic heterocycles. The van der Waals surface area contributed by atoms with Gasteiger partial charge >= 0.3 is 5.97 Å². The summed E-state index contributed by atoms with van der Waals surface area (Å²) in [4.78, 5) is 38.9. The minimum Gasteiger partial charge on any atom is -0.464 e. The molecule has 2 amide bonds. The quantitative estimate of drug-likeness (QED) is 0.234. The average molecular weight is 483 g/mol. The van der Waals surface area contributed by atoms with E-state index >= 15 is 0 Å². The number of hydrogen-bond donors (Lipinski definition) is 6. The summed E-state index contributed by atoms with van der Waals surface area (Å²) >= 11 is 8.38. The van der Waals surface area contributed by atoms with E-state index in [2.05, 4.69) is 41.2 Å². The van der Waals surface area contributed by atoms with Crippen molar-refractivity contribution in [1.82, 2.24) is 16.0 Å². The Balaban J connectivity index is 2.28. The number of thiol groups is 2. The highest BCUT2D eigenvalue weighted by molar-refractivity contribution is 7.80. The first-order chi connectivity index (χ1) is 15.3. The van der Waals surface area contributed by atoms with Crippen molar-refractivity contribution in [1.29, 1.82) is 0 Å². The van der Waals surface area contributed by atoms with Crippen molar-refractivity contribution >= 4 is 43.0 Å². The molecule has 5 N–H and O–H groups in total. The lowest BCUT2D eigenvalue weighted by atomic mass is 9.96. The first-order valence-corrected chi connectivity index (χ1v) is 12.1. The summed E-state index contributed by atoms with van der Waals surface area (Å²) in [6.45, 7) is 2.45. The van der Waals surface area contributed by atoms with Gasteiger partial charge in [0.15, 0.2) is 0 Å². The van der Waals surface area contributed by atoms with Crippen LogP contribution in [0.15, 0.2) is 30.3 Å². The minimum absolute atomic E-state index is 0.149. The molecule has 0 aliphatic carbocycles. The Labute approximate surface area is 200 Å². The van der Waals surface area contributed by atoms with Crippen molar-refractivity contribution in [3.63, 3.8) is 0 Å². The van der Waals surface area contributed by atoms with Gasteiger partial charge in [0, 0.05) is 24.8 Å². The fourth-order valence-corrected chi connectivity index (χ4v) is 3.87.